The van der Waals surface area contributed by atoms with E-state index in [1.807, 2.05) is 0 Å². The van der Waals surface area contributed by atoms with Crippen molar-refractivity contribution < 1.29 is 0 Å². The SMILES string of the molecule is CC1(C)c2ccccc2C2(c3ccccc3-c3ccc(-c4cccc(N(c5ccc(-c6ccccc6)cc5)c5ccc(-c6ccccc6)cc5)c4)cc32)c2ccccc21. The molecule has 0 aromatic heterocycles. The summed E-state index contributed by atoms with van der Waals surface area (Å²) in [5.74, 6) is 0. The van der Waals surface area contributed by atoms with Crippen LogP contribution in [0.5, 0.6) is 0 Å². The predicted molar refractivity (Wildman–Crippen MR) is 247 cm³/mol. The highest BCUT2D eigenvalue weighted by atomic mass is 15.1. The highest BCUT2D eigenvalue weighted by molar-refractivity contribution is 5.91. The molecule has 0 saturated heterocycles. The first-order valence-corrected chi connectivity index (χ1v) is 20.7. The van der Waals surface area contributed by atoms with E-state index in [-0.39, 0.29) is 5.41 Å². The summed E-state index contributed by atoms with van der Waals surface area (Å²) in [5.41, 5.74) is 20.8. The highest BCUT2D eigenvalue weighted by Crippen LogP contribution is 2.62. The van der Waals surface area contributed by atoms with Crippen LogP contribution in [0.4, 0.5) is 17.1 Å². The van der Waals surface area contributed by atoms with Crippen molar-refractivity contribution in [3.8, 4) is 44.5 Å². The molecule has 59 heavy (non-hydrogen) atoms. The lowest BCUT2D eigenvalue weighted by molar-refractivity contribution is 0.563. The Bertz CT molecular complexity index is 2860. The summed E-state index contributed by atoms with van der Waals surface area (Å²) >= 11 is 0. The normalized spacial score (nSPS) is 13.9. The largest absolute Gasteiger partial charge is 0.310 e. The predicted octanol–water partition coefficient (Wildman–Crippen LogP) is 15.2. The molecule has 0 aliphatic heterocycles. The fraction of sp³-hybridized carbons (Fsp3) is 0.0690. The van der Waals surface area contributed by atoms with Gasteiger partial charge >= 0.3 is 0 Å². The fourth-order valence-electron chi connectivity index (χ4n) is 10.2. The molecular weight excluding hydrogens is 711 g/mol. The third-order valence-electron chi connectivity index (χ3n) is 13.0. The molecule has 2 aliphatic rings. The molecule has 11 rings (SSSR count). The Morgan fingerprint density at radius 2 is 0.678 bits per heavy atom. The van der Waals surface area contributed by atoms with Crippen LogP contribution in [0.3, 0.4) is 0 Å². The number of anilines is 3. The molecule has 0 saturated carbocycles. The van der Waals surface area contributed by atoms with E-state index < -0.39 is 5.41 Å². The Morgan fingerprint density at radius 1 is 0.271 bits per heavy atom. The molecule has 2 aliphatic carbocycles. The lowest BCUT2D eigenvalue weighted by Gasteiger charge is -2.46. The maximum atomic E-state index is 2.49. The van der Waals surface area contributed by atoms with Gasteiger partial charge in [0.2, 0.25) is 0 Å². The molecule has 0 heterocycles. The van der Waals surface area contributed by atoms with Gasteiger partial charge in [-0.1, -0.05) is 196 Å². The molecule has 9 aromatic rings. The highest BCUT2D eigenvalue weighted by Gasteiger charge is 2.53. The second-order valence-corrected chi connectivity index (χ2v) is 16.5. The first kappa shape index (κ1) is 35.0. The summed E-state index contributed by atoms with van der Waals surface area (Å²) in [6.45, 7) is 4.77. The van der Waals surface area contributed by atoms with E-state index in [2.05, 4.69) is 243 Å². The Labute approximate surface area is 347 Å². The van der Waals surface area contributed by atoms with E-state index >= 15 is 0 Å². The Kier molecular flexibility index (Phi) is 8.13. The van der Waals surface area contributed by atoms with Gasteiger partial charge in [-0.05, 0) is 120 Å². The molecule has 0 fully saturated rings. The fourth-order valence-corrected chi connectivity index (χ4v) is 10.2. The standard InChI is InChI=1S/C58H43N/c1-57(2)52-24-11-13-26-54(52)58(55-27-14-12-25-53(55)57)51-23-10-9-22-49(51)50-37-32-45(39-56(50)58)44-20-15-21-48(38-44)59(46-33-28-42(29-34-46)40-16-5-3-6-17-40)47-35-30-43(31-36-47)41-18-7-4-8-19-41/h3-39H,1-2H3. The third kappa shape index (κ3) is 5.46. The van der Waals surface area contributed by atoms with E-state index in [1.165, 1.54) is 77.9 Å². The first-order valence-electron chi connectivity index (χ1n) is 20.7. The van der Waals surface area contributed by atoms with E-state index in [4.69, 9.17) is 0 Å². The number of nitrogens with zero attached hydrogens (tertiary/aromatic N) is 1. The van der Waals surface area contributed by atoms with Gasteiger partial charge in [0.05, 0.1) is 5.41 Å². The minimum absolute atomic E-state index is 0.135. The second-order valence-electron chi connectivity index (χ2n) is 16.5. The van der Waals surface area contributed by atoms with Crippen molar-refractivity contribution in [2.75, 3.05) is 4.90 Å². The summed E-state index contributed by atoms with van der Waals surface area (Å²) in [7, 11) is 0. The second kappa shape index (κ2) is 13.7. The molecule has 0 unspecified atom stereocenters. The monoisotopic (exact) mass is 753 g/mol. The molecule has 1 heteroatoms. The Balaban J connectivity index is 1.07. The molecule has 0 bridgehead atoms. The van der Waals surface area contributed by atoms with E-state index in [9.17, 15) is 0 Å². The zero-order valence-electron chi connectivity index (χ0n) is 33.3. The van der Waals surface area contributed by atoms with Crippen LogP contribution in [0.15, 0.2) is 224 Å². The van der Waals surface area contributed by atoms with Crippen LogP contribution in [0.2, 0.25) is 0 Å². The van der Waals surface area contributed by atoms with Gasteiger partial charge in [0.15, 0.2) is 0 Å². The molecule has 1 spiro atoms. The molecule has 280 valence electrons. The first-order chi connectivity index (χ1) is 29.0. The van der Waals surface area contributed by atoms with E-state index in [0.29, 0.717) is 0 Å². The van der Waals surface area contributed by atoms with Gasteiger partial charge in [-0.15, -0.1) is 0 Å². The molecule has 0 amide bonds. The quantitative estimate of drug-likeness (QED) is 0.163. The average Bonchev–Trinajstić information content (AvgIpc) is 3.60. The van der Waals surface area contributed by atoms with Crippen molar-refractivity contribution in [1.82, 2.24) is 0 Å². The molecule has 0 radical (unpaired) electrons. The summed E-state index contributed by atoms with van der Waals surface area (Å²) in [6, 6.07) is 82.8. The number of benzene rings is 9. The van der Waals surface area contributed by atoms with Crippen LogP contribution in [0.1, 0.15) is 47.2 Å². The van der Waals surface area contributed by atoms with Crippen LogP contribution >= 0.6 is 0 Å². The lowest BCUT2D eigenvalue weighted by Crippen LogP contribution is -2.40. The average molecular weight is 754 g/mol. The van der Waals surface area contributed by atoms with E-state index in [0.717, 1.165) is 17.1 Å². The van der Waals surface area contributed by atoms with Crippen LogP contribution in [0.25, 0.3) is 44.5 Å². The van der Waals surface area contributed by atoms with Crippen LogP contribution in [-0.2, 0) is 10.8 Å². The summed E-state index contributed by atoms with van der Waals surface area (Å²) in [4.78, 5) is 2.38. The minimum Gasteiger partial charge on any atom is -0.310 e. The van der Waals surface area contributed by atoms with Gasteiger partial charge in [0.1, 0.15) is 0 Å². The third-order valence-corrected chi connectivity index (χ3v) is 13.0. The van der Waals surface area contributed by atoms with Gasteiger partial charge in [-0.25, -0.2) is 0 Å². The summed E-state index contributed by atoms with van der Waals surface area (Å²) in [5, 5.41) is 0. The maximum Gasteiger partial charge on any atom is 0.0719 e. The number of fused-ring (bicyclic) bond motifs is 9. The topological polar surface area (TPSA) is 3.24 Å². The molecule has 1 nitrogen and oxygen atoms in total. The molecule has 9 aromatic carbocycles. The zero-order valence-corrected chi connectivity index (χ0v) is 33.3. The summed E-state index contributed by atoms with van der Waals surface area (Å²) < 4.78 is 0. The van der Waals surface area contributed by atoms with Crippen molar-refractivity contribution in [2.24, 2.45) is 0 Å². The van der Waals surface area contributed by atoms with Gasteiger partial charge in [-0.2, -0.15) is 0 Å². The smallest absolute Gasteiger partial charge is 0.0719 e. The van der Waals surface area contributed by atoms with Crippen molar-refractivity contribution >= 4 is 17.1 Å². The summed E-state index contributed by atoms with van der Waals surface area (Å²) in [6.07, 6.45) is 0. The number of hydrogen-bond donors (Lipinski definition) is 0. The molecule has 0 N–H and O–H groups in total. The van der Waals surface area contributed by atoms with Crippen molar-refractivity contribution in [3.05, 3.63) is 258 Å². The van der Waals surface area contributed by atoms with Crippen LogP contribution < -0.4 is 4.90 Å². The van der Waals surface area contributed by atoms with Crippen molar-refractivity contribution in [1.29, 1.82) is 0 Å². The zero-order chi connectivity index (χ0) is 39.6. The molecular formula is C58H43N. The number of rotatable bonds is 6. The van der Waals surface area contributed by atoms with Gasteiger partial charge in [-0.3, -0.25) is 0 Å². The number of hydrogen-bond acceptors (Lipinski definition) is 1. The van der Waals surface area contributed by atoms with Crippen molar-refractivity contribution in [3.63, 3.8) is 0 Å². The van der Waals surface area contributed by atoms with Gasteiger partial charge in [0.25, 0.3) is 0 Å². The minimum atomic E-state index is -0.435. The Hall–Kier alpha value is -7.22. The Morgan fingerprint density at radius 3 is 1.24 bits per heavy atom. The van der Waals surface area contributed by atoms with E-state index in [1.54, 1.807) is 0 Å². The van der Waals surface area contributed by atoms with Crippen LogP contribution in [0, 0.1) is 0 Å². The van der Waals surface area contributed by atoms with Crippen LogP contribution in [-0.4, -0.2) is 0 Å². The lowest BCUT2D eigenvalue weighted by atomic mass is 9.55. The van der Waals surface area contributed by atoms with Crippen molar-refractivity contribution in [2.45, 2.75) is 24.7 Å². The van der Waals surface area contributed by atoms with Gasteiger partial charge in [0, 0.05) is 22.5 Å². The maximum absolute atomic E-state index is 2.49. The van der Waals surface area contributed by atoms with Gasteiger partial charge < -0.3 is 4.90 Å². The molecule has 0 atom stereocenters.